The number of carbonyl (C=O) groups excluding carboxylic acids is 1. The highest BCUT2D eigenvalue weighted by Gasteiger charge is 2.29. The fourth-order valence-corrected chi connectivity index (χ4v) is 1.85. The number of alkyl halides is 3. The van der Waals surface area contributed by atoms with Gasteiger partial charge in [0.05, 0.1) is 16.3 Å². The molecule has 0 bridgehead atoms. The van der Waals surface area contributed by atoms with Gasteiger partial charge in [-0.2, -0.15) is 13.2 Å². The molecular weight excluding hydrogens is 324 g/mol. The summed E-state index contributed by atoms with van der Waals surface area (Å²) in [5.41, 5.74) is -0.929. The zero-order valence-corrected chi connectivity index (χ0v) is 11.6. The van der Waals surface area contributed by atoms with Crippen LogP contribution in [0.2, 0.25) is 5.02 Å². The Morgan fingerprint density at radius 3 is 2.18 bits per heavy atom. The fraction of sp³-hybridized carbons (Fsp3) is 0.0714. The second-order valence-electron chi connectivity index (χ2n) is 4.25. The Balaban J connectivity index is 2.06. The summed E-state index contributed by atoms with van der Waals surface area (Å²) in [7, 11) is 0. The monoisotopic (exact) mass is 332 g/mol. The van der Waals surface area contributed by atoms with Crippen LogP contribution in [0, 0.1) is 5.82 Å². The van der Waals surface area contributed by atoms with Crippen LogP contribution in [-0.4, -0.2) is 6.03 Å². The Morgan fingerprint density at radius 2 is 1.64 bits per heavy atom. The minimum Gasteiger partial charge on any atom is -0.308 e. The topological polar surface area (TPSA) is 41.1 Å². The molecule has 116 valence electrons. The molecule has 2 aromatic carbocycles. The molecule has 0 unspecified atom stereocenters. The molecule has 2 N–H and O–H groups in total. The Labute approximate surface area is 127 Å². The normalized spacial score (nSPS) is 11.1. The molecule has 2 aromatic rings. The largest absolute Gasteiger partial charge is 0.416 e. The van der Waals surface area contributed by atoms with Gasteiger partial charge in [0, 0.05) is 5.69 Å². The van der Waals surface area contributed by atoms with Gasteiger partial charge in [0.1, 0.15) is 5.82 Å². The lowest BCUT2D eigenvalue weighted by molar-refractivity contribution is -0.137. The smallest absolute Gasteiger partial charge is 0.308 e. The van der Waals surface area contributed by atoms with Crippen LogP contribution >= 0.6 is 11.6 Å². The van der Waals surface area contributed by atoms with Crippen molar-refractivity contribution in [2.45, 2.75) is 6.18 Å². The van der Waals surface area contributed by atoms with E-state index in [1.54, 1.807) is 0 Å². The van der Waals surface area contributed by atoms with Crippen molar-refractivity contribution in [2.24, 2.45) is 0 Å². The zero-order chi connectivity index (χ0) is 16.3. The highest BCUT2D eigenvalue weighted by Crippen LogP contribution is 2.30. The zero-order valence-electron chi connectivity index (χ0n) is 10.8. The van der Waals surface area contributed by atoms with E-state index in [0.717, 1.165) is 30.3 Å². The van der Waals surface area contributed by atoms with Crippen LogP contribution in [0.1, 0.15) is 5.56 Å². The lowest BCUT2D eigenvalue weighted by atomic mass is 10.2. The SMILES string of the molecule is O=C(Nc1ccc(C(F)(F)F)cc1)Nc1c(F)cccc1Cl. The van der Waals surface area contributed by atoms with E-state index in [4.69, 9.17) is 11.6 Å². The van der Waals surface area contributed by atoms with Gasteiger partial charge in [-0.15, -0.1) is 0 Å². The van der Waals surface area contributed by atoms with E-state index in [1.807, 2.05) is 0 Å². The van der Waals surface area contributed by atoms with Gasteiger partial charge in [0.15, 0.2) is 0 Å². The molecular formula is C14H9ClF4N2O. The molecule has 0 aliphatic carbocycles. The van der Waals surface area contributed by atoms with Crippen molar-refractivity contribution in [1.29, 1.82) is 0 Å². The number of anilines is 2. The summed E-state index contributed by atoms with van der Waals surface area (Å²) in [4.78, 5) is 11.7. The standard InChI is InChI=1S/C14H9ClF4N2O/c15-10-2-1-3-11(16)12(10)21-13(22)20-9-6-4-8(5-7-9)14(17,18)19/h1-7H,(H2,20,21,22). The van der Waals surface area contributed by atoms with E-state index in [9.17, 15) is 22.4 Å². The van der Waals surface area contributed by atoms with Crippen LogP contribution in [0.15, 0.2) is 42.5 Å². The Hall–Kier alpha value is -2.28. The van der Waals surface area contributed by atoms with E-state index < -0.39 is 23.6 Å². The lowest BCUT2D eigenvalue weighted by Gasteiger charge is -2.11. The summed E-state index contributed by atoms with van der Waals surface area (Å²) >= 11 is 5.74. The molecule has 2 rings (SSSR count). The van der Waals surface area contributed by atoms with Gasteiger partial charge in [0.2, 0.25) is 0 Å². The quantitative estimate of drug-likeness (QED) is 0.734. The number of carbonyl (C=O) groups is 1. The van der Waals surface area contributed by atoms with E-state index in [2.05, 4.69) is 10.6 Å². The number of amides is 2. The Morgan fingerprint density at radius 1 is 1.00 bits per heavy atom. The molecule has 0 saturated carbocycles. The molecule has 0 heterocycles. The third-order valence-corrected chi connectivity index (χ3v) is 2.99. The first-order chi connectivity index (χ1) is 10.3. The first kappa shape index (κ1) is 16.1. The third-order valence-electron chi connectivity index (χ3n) is 2.67. The van der Waals surface area contributed by atoms with Crippen molar-refractivity contribution in [3.63, 3.8) is 0 Å². The van der Waals surface area contributed by atoms with Crippen molar-refractivity contribution in [3.05, 3.63) is 58.9 Å². The summed E-state index contributed by atoms with van der Waals surface area (Å²) in [6, 6.07) is 6.87. The summed E-state index contributed by atoms with van der Waals surface area (Å²) in [5.74, 6) is -0.727. The highest BCUT2D eigenvalue weighted by atomic mass is 35.5. The van der Waals surface area contributed by atoms with Crippen LogP contribution < -0.4 is 10.6 Å². The number of para-hydroxylation sites is 1. The fourth-order valence-electron chi connectivity index (χ4n) is 1.64. The number of nitrogens with one attached hydrogen (secondary N) is 2. The maximum Gasteiger partial charge on any atom is 0.416 e. The maximum absolute atomic E-state index is 13.5. The van der Waals surface area contributed by atoms with Gasteiger partial charge in [-0.05, 0) is 36.4 Å². The minimum atomic E-state index is -4.46. The Bertz CT molecular complexity index is 666. The van der Waals surface area contributed by atoms with E-state index in [1.165, 1.54) is 12.1 Å². The van der Waals surface area contributed by atoms with E-state index in [-0.39, 0.29) is 16.4 Å². The van der Waals surface area contributed by atoms with Crippen molar-refractivity contribution >= 4 is 29.0 Å². The molecule has 0 aliphatic rings. The molecule has 3 nitrogen and oxygen atoms in total. The van der Waals surface area contributed by atoms with Crippen LogP contribution in [-0.2, 0) is 6.18 Å². The third kappa shape index (κ3) is 3.88. The molecule has 0 spiro atoms. The van der Waals surface area contributed by atoms with Gasteiger partial charge in [0.25, 0.3) is 0 Å². The van der Waals surface area contributed by atoms with Crippen LogP contribution in [0.5, 0.6) is 0 Å². The first-order valence-electron chi connectivity index (χ1n) is 5.96. The van der Waals surface area contributed by atoms with Gasteiger partial charge >= 0.3 is 12.2 Å². The summed E-state index contributed by atoms with van der Waals surface area (Å²) in [6.07, 6.45) is -4.46. The lowest BCUT2D eigenvalue weighted by Crippen LogP contribution is -2.20. The first-order valence-corrected chi connectivity index (χ1v) is 6.34. The molecule has 0 fully saturated rings. The second kappa shape index (κ2) is 6.23. The second-order valence-corrected chi connectivity index (χ2v) is 4.66. The summed E-state index contributed by atoms with van der Waals surface area (Å²) < 4.78 is 50.7. The molecule has 22 heavy (non-hydrogen) atoms. The van der Waals surface area contributed by atoms with Gasteiger partial charge in [-0.25, -0.2) is 9.18 Å². The van der Waals surface area contributed by atoms with Gasteiger partial charge in [-0.1, -0.05) is 17.7 Å². The maximum atomic E-state index is 13.5. The molecule has 0 radical (unpaired) electrons. The van der Waals surface area contributed by atoms with Crippen molar-refractivity contribution < 1.29 is 22.4 Å². The van der Waals surface area contributed by atoms with E-state index in [0.29, 0.717) is 0 Å². The number of hydrogen-bond acceptors (Lipinski definition) is 1. The van der Waals surface area contributed by atoms with Crippen molar-refractivity contribution in [1.82, 2.24) is 0 Å². The number of urea groups is 1. The average molecular weight is 333 g/mol. The summed E-state index contributed by atoms with van der Waals surface area (Å²) in [5, 5.41) is 4.48. The molecule has 0 saturated heterocycles. The number of halogens is 5. The van der Waals surface area contributed by atoms with Crippen LogP contribution in [0.4, 0.5) is 33.7 Å². The highest BCUT2D eigenvalue weighted by molar-refractivity contribution is 6.33. The predicted molar refractivity (Wildman–Crippen MR) is 75.5 cm³/mol. The molecule has 0 aliphatic heterocycles. The minimum absolute atomic E-state index is 0.00238. The van der Waals surface area contributed by atoms with E-state index >= 15 is 0 Å². The van der Waals surface area contributed by atoms with Crippen molar-refractivity contribution in [2.75, 3.05) is 10.6 Å². The van der Waals surface area contributed by atoms with Crippen LogP contribution in [0.3, 0.4) is 0 Å². The van der Waals surface area contributed by atoms with Gasteiger partial charge in [-0.3, -0.25) is 0 Å². The number of hydrogen-bond donors (Lipinski definition) is 2. The molecule has 2 amide bonds. The molecule has 8 heteroatoms. The molecule has 0 atom stereocenters. The Kier molecular flexibility index (Phi) is 4.56. The summed E-state index contributed by atoms with van der Waals surface area (Å²) in [6.45, 7) is 0. The predicted octanol–water partition coefficient (Wildman–Crippen LogP) is 5.14. The number of benzene rings is 2. The molecule has 0 aromatic heterocycles. The van der Waals surface area contributed by atoms with Crippen molar-refractivity contribution in [3.8, 4) is 0 Å². The van der Waals surface area contributed by atoms with Crippen LogP contribution in [0.25, 0.3) is 0 Å². The van der Waals surface area contributed by atoms with Gasteiger partial charge < -0.3 is 10.6 Å². The average Bonchev–Trinajstić information content (AvgIpc) is 2.43. The number of rotatable bonds is 2.